The highest BCUT2D eigenvalue weighted by molar-refractivity contribution is 6.52. The van der Waals surface area contributed by atoms with Crippen LogP contribution < -0.4 is 24.8 Å². The second kappa shape index (κ2) is 19.9. The van der Waals surface area contributed by atoms with E-state index >= 15 is 0 Å². The minimum absolute atomic E-state index is 0.00317. The van der Waals surface area contributed by atoms with Crippen LogP contribution in [0, 0.1) is 17.5 Å². The fourth-order valence-electron chi connectivity index (χ4n) is 7.01. The maximum Gasteiger partial charge on any atom is 0.296 e. The Morgan fingerprint density at radius 1 is 0.492 bits per heavy atom. The summed E-state index contributed by atoms with van der Waals surface area (Å²) in [7, 11) is 4.50. The van der Waals surface area contributed by atoms with Gasteiger partial charge in [0, 0.05) is 41.3 Å². The molecule has 6 aromatic carbocycles. The molecule has 8 rings (SSSR count). The quantitative estimate of drug-likeness (QED) is 0.0870. The number of methoxy groups -OCH3 is 3. The third kappa shape index (κ3) is 10.1. The lowest BCUT2D eigenvalue weighted by Crippen LogP contribution is -2.23. The van der Waals surface area contributed by atoms with E-state index in [0.29, 0.717) is 44.7 Å². The number of nitrogens with zero attached hydrogens (tertiary/aromatic N) is 2. The molecule has 0 aliphatic carbocycles. The molecule has 2 heterocycles. The highest BCUT2D eigenvalue weighted by Crippen LogP contribution is 2.36. The number of ether oxygens (including phenoxy) is 3. The molecule has 8 aromatic rings. The third-order valence-corrected chi connectivity index (χ3v) is 11.0. The Bertz CT molecular complexity index is 3100. The van der Waals surface area contributed by atoms with Crippen molar-refractivity contribution in [1.82, 2.24) is 9.13 Å². The van der Waals surface area contributed by atoms with Crippen LogP contribution in [-0.4, -0.2) is 53.8 Å². The maximum atomic E-state index is 13.4. The fourth-order valence-corrected chi connectivity index (χ4v) is 7.69. The van der Waals surface area contributed by atoms with Crippen molar-refractivity contribution in [2.45, 2.75) is 13.1 Å². The van der Waals surface area contributed by atoms with Gasteiger partial charge in [0.25, 0.3) is 23.4 Å². The van der Waals surface area contributed by atoms with Gasteiger partial charge in [-0.2, -0.15) is 0 Å². The Hall–Kier alpha value is -7.55. The summed E-state index contributed by atoms with van der Waals surface area (Å²) in [5, 5.41) is 6.05. The number of Topliss-reactive ketones (excluding diaryl/α,β-unsaturated/α-hetero) is 2. The normalized spacial score (nSPS) is 10.8. The van der Waals surface area contributed by atoms with Crippen molar-refractivity contribution in [3.8, 4) is 17.2 Å². The van der Waals surface area contributed by atoms with Crippen LogP contribution in [0.5, 0.6) is 17.2 Å². The molecule has 16 heteroatoms. The Morgan fingerprint density at radius 3 is 1.31 bits per heavy atom. The third-order valence-electron chi connectivity index (χ3n) is 10.2. The molecule has 330 valence electrons. The van der Waals surface area contributed by atoms with Crippen LogP contribution in [0.15, 0.2) is 133 Å². The summed E-state index contributed by atoms with van der Waals surface area (Å²) in [6, 6.07) is 34.0. The molecule has 2 N–H and O–H groups in total. The molecular formula is C49H37Cl2F3N4O7. The van der Waals surface area contributed by atoms with Crippen molar-refractivity contribution in [3.05, 3.63) is 183 Å². The first-order valence-corrected chi connectivity index (χ1v) is 20.3. The Kier molecular flexibility index (Phi) is 13.9. The minimum Gasteiger partial charge on any atom is -0.497 e. The molecular weight excluding hydrogens is 884 g/mol. The zero-order valence-electron chi connectivity index (χ0n) is 34.8. The topological polar surface area (TPSA) is 130 Å². The van der Waals surface area contributed by atoms with Crippen LogP contribution in [0.1, 0.15) is 31.8 Å². The summed E-state index contributed by atoms with van der Waals surface area (Å²) < 4.78 is 59.1. The van der Waals surface area contributed by atoms with Crippen LogP contribution in [0.2, 0.25) is 10.3 Å². The Morgan fingerprint density at radius 2 is 0.892 bits per heavy atom. The number of hydrogen-bond acceptors (Lipinski definition) is 7. The molecule has 0 spiro atoms. The molecule has 2 aromatic heterocycles. The van der Waals surface area contributed by atoms with Gasteiger partial charge in [0.15, 0.2) is 0 Å². The van der Waals surface area contributed by atoms with E-state index in [4.69, 9.17) is 37.4 Å². The summed E-state index contributed by atoms with van der Waals surface area (Å²) in [5.74, 6) is -3.20. The highest BCUT2D eigenvalue weighted by atomic mass is 35.5. The standard InChI is InChI=1S/C25H20ClFN2O4.C24H17ClF2N2O3/c1-32-18-5-3-4-17(12-18)28-25(31)23(30)22-20-13-19(33-2)10-11-21(20)29(24(22)26)14-15-6-8-16(27)9-7-15;1-32-18-9-10-20-19(12-18)21(22(30)24(31)28-17-4-2-3-16(27)11-17)23(25)29(20)13-14-5-7-15(26)8-6-14/h3-13H,14H2,1-2H3,(H,28,31);2-12H,13H2,1H3,(H,28,31). The first-order valence-electron chi connectivity index (χ1n) is 19.6. The van der Waals surface area contributed by atoms with Gasteiger partial charge in [-0.3, -0.25) is 19.2 Å². The number of ketones is 2. The molecule has 0 saturated carbocycles. The van der Waals surface area contributed by atoms with Crippen molar-refractivity contribution >= 4 is 79.8 Å². The monoisotopic (exact) mass is 920 g/mol. The predicted octanol–water partition coefficient (Wildman–Crippen LogP) is 10.8. The average molecular weight is 922 g/mol. The van der Waals surface area contributed by atoms with Crippen LogP contribution in [0.25, 0.3) is 21.8 Å². The zero-order chi connectivity index (χ0) is 46.4. The van der Waals surface area contributed by atoms with Crippen molar-refractivity contribution in [2.24, 2.45) is 0 Å². The lowest BCUT2D eigenvalue weighted by Gasteiger charge is -2.08. The molecule has 0 fully saturated rings. The smallest absolute Gasteiger partial charge is 0.296 e. The zero-order valence-corrected chi connectivity index (χ0v) is 36.3. The molecule has 0 bridgehead atoms. The van der Waals surface area contributed by atoms with Crippen molar-refractivity contribution in [2.75, 3.05) is 32.0 Å². The van der Waals surface area contributed by atoms with Gasteiger partial charge < -0.3 is 34.0 Å². The summed E-state index contributed by atoms with van der Waals surface area (Å²) in [6.07, 6.45) is 0. The van der Waals surface area contributed by atoms with Gasteiger partial charge in [-0.05, 0) is 102 Å². The van der Waals surface area contributed by atoms with E-state index < -0.39 is 29.2 Å². The van der Waals surface area contributed by atoms with E-state index in [1.54, 1.807) is 94.1 Å². The first kappa shape index (κ1) is 45.5. The van der Waals surface area contributed by atoms with E-state index in [9.17, 15) is 32.3 Å². The van der Waals surface area contributed by atoms with Gasteiger partial charge in [-0.25, -0.2) is 13.2 Å². The summed E-state index contributed by atoms with van der Waals surface area (Å²) in [4.78, 5) is 51.8. The number of nitrogens with one attached hydrogen (secondary N) is 2. The number of fused-ring (bicyclic) bond motifs is 2. The van der Waals surface area contributed by atoms with Gasteiger partial charge in [0.2, 0.25) is 0 Å². The van der Waals surface area contributed by atoms with Gasteiger partial charge in [-0.1, -0.05) is 59.6 Å². The first-order chi connectivity index (χ1) is 31.3. The predicted molar refractivity (Wildman–Crippen MR) is 243 cm³/mol. The van der Waals surface area contributed by atoms with Crippen LogP contribution in [-0.2, 0) is 22.7 Å². The molecule has 2 amide bonds. The molecule has 65 heavy (non-hydrogen) atoms. The maximum absolute atomic E-state index is 13.4. The fraction of sp³-hybridized carbons (Fsp3) is 0.102. The number of hydrogen-bond donors (Lipinski definition) is 2. The number of halogens is 5. The van der Waals surface area contributed by atoms with Crippen LogP contribution >= 0.6 is 23.2 Å². The van der Waals surface area contributed by atoms with E-state index in [-0.39, 0.29) is 51.8 Å². The number of rotatable bonds is 13. The molecule has 11 nitrogen and oxygen atoms in total. The van der Waals surface area contributed by atoms with Crippen LogP contribution in [0.3, 0.4) is 0 Å². The summed E-state index contributed by atoms with van der Waals surface area (Å²) in [5.41, 5.74) is 3.40. The second-order valence-corrected chi connectivity index (χ2v) is 15.0. The van der Waals surface area contributed by atoms with E-state index in [2.05, 4.69) is 10.6 Å². The number of carbonyl (C=O) groups is 4. The van der Waals surface area contributed by atoms with Gasteiger partial charge in [0.05, 0.1) is 43.5 Å². The number of anilines is 2. The second-order valence-electron chi connectivity index (χ2n) is 14.3. The summed E-state index contributed by atoms with van der Waals surface area (Å²) >= 11 is 13.2. The van der Waals surface area contributed by atoms with Crippen molar-refractivity contribution < 1.29 is 46.6 Å². The minimum atomic E-state index is -0.957. The van der Waals surface area contributed by atoms with Crippen molar-refractivity contribution in [1.29, 1.82) is 0 Å². The number of aromatic nitrogens is 2. The van der Waals surface area contributed by atoms with Gasteiger partial charge in [-0.15, -0.1) is 0 Å². The SMILES string of the molecule is COc1ccc2c(c1)c(C(=O)C(=O)Nc1cccc(F)c1)c(Cl)n2Cc1ccc(F)cc1.COc1cccc(NC(=O)C(=O)c2c(Cl)n(Cc3ccc(F)cc3)c3ccc(OC)cc23)c1. The molecule has 0 unspecified atom stereocenters. The molecule has 0 saturated heterocycles. The molecule has 0 radical (unpaired) electrons. The van der Waals surface area contributed by atoms with Gasteiger partial charge in [0.1, 0.15) is 45.0 Å². The van der Waals surface area contributed by atoms with E-state index in [0.717, 1.165) is 17.2 Å². The van der Waals surface area contributed by atoms with Crippen LogP contribution in [0.4, 0.5) is 24.5 Å². The lowest BCUT2D eigenvalue weighted by atomic mass is 10.1. The molecule has 0 atom stereocenters. The highest BCUT2D eigenvalue weighted by Gasteiger charge is 2.29. The number of benzene rings is 6. The van der Waals surface area contributed by atoms with Gasteiger partial charge >= 0.3 is 0 Å². The number of carbonyl (C=O) groups excluding carboxylic acids is 4. The van der Waals surface area contributed by atoms with E-state index in [1.807, 2.05) is 0 Å². The molecule has 0 aliphatic rings. The largest absolute Gasteiger partial charge is 0.497 e. The Labute approximate surface area is 379 Å². The Balaban J connectivity index is 0.000000194. The molecule has 0 aliphatic heterocycles. The lowest BCUT2D eigenvalue weighted by molar-refractivity contribution is -0.113. The average Bonchev–Trinajstić information content (AvgIpc) is 3.74. The summed E-state index contributed by atoms with van der Waals surface area (Å²) in [6.45, 7) is 0.535. The van der Waals surface area contributed by atoms with Crippen molar-refractivity contribution in [3.63, 3.8) is 0 Å². The van der Waals surface area contributed by atoms with E-state index in [1.165, 1.54) is 63.8 Å². The number of amides is 2.